The van der Waals surface area contributed by atoms with Gasteiger partial charge in [0.1, 0.15) is 0 Å². The lowest BCUT2D eigenvalue weighted by molar-refractivity contribution is -0.147. The van der Waals surface area contributed by atoms with Gasteiger partial charge < -0.3 is 10.4 Å². The predicted octanol–water partition coefficient (Wildman–Crippen LogP) is 0.716. The Hall–Kier alpha value is -1.21. The van der Waals surface area contributed by atoms with E-state index in [9.17, 15) is 14.7 Å². The monoisotopic (exact) mass is 272 g/mol. The number of aliphatic carboxylic acids is 1. The van der Waals surface area contributed by atoms with Crippen LogP contribution >= 0.6 is 25.3 Å². The van der Waals surface area contributed by atoms with Crippen LogP contribution in [0.25, 0.3) is 0 Å². The topological polar surface area (TPSA) is 79.3 Å². The average Bonchev–Trinajstić information content (AvgIpc) is 2.26. The summed E-state index contributed by atoms with van der Waals surface area (Å²) in [6.45, 7) is 1.24. The molecule has 1 aromatic heterocycles. The van der Waals surface area contributed by atoms with Gasteiger partial charge in [0, 0.05) is 23.8 Å². The SMILES string of the molecule is CC(=O)NC(CS)(C(=O)O)c1ncccc1S. The quantitative estimate of drug-likeness (QED) is 0.609. The molecule has 0 bridgehead atoms. The first-order chi connectivity index (χ1) is 7.94. The van der Waals surface area contributed by atoms with Gasteiger partial charge in [-0.2, -0.15) is 12.6 Å². The van der Waals surface area contributed by atoms with Gasteiger partial charge in [-0.3, -0.25) is 9.78 Å². The fourth-order valence-electron chi connectivity index (χ4n) is 1.42. The lowest BCUT2D eigenvalue weighted by Crippen LogP contribution is -2.53. The van der Waals surface area contributed by atoms with Gasteiger partial charge in [-0.25, -0.2) is 4.79 Å². The molecule has 0 saturated carbocycles. The zero-order valence-electron chi connectivity index (χ0n) is 9.04. The summed E-state index contributed by atoms with van der Waals surface area (Å²) in [5, 5.41) is 11.7. The van der Waals surface area contributed by atoms with Gasteiger partial charge in [-0.05, 0) is 12.1 Å². The van der Waals surface area contributed by atoms with Gasteiger partial charge in [-0.1, -0.05) is 0 Å². The minimum atomic E-state index is -1.66. The molecule has 17 heavy (non-hydrogen) atoms. The number of carbonyl (C=O) groups excluding carboxylic acids is 1. The summed E-state index contributed by atoms with van der Waals surface area (Å²) in [6, 6.07) is 3.24. The zero-order chi connectivity index (χ0) is 13.1. The summed E-state index contributed by atoms with van der Waals surface area (Å²) < 4.78 is 0. The Bertz CT molecular complexity index is 453. The molecular formula is C10H12N2O3S2. The molecule has 0 aliphatic rings. The van der Waals surface area contributed by atoms with Crippen molar-refractivity contribution in [3.63, 3.8) is 0 Å². The van der Waals surface area contributed by atoms with E-state index >= 15 is 0 Å². The van der Waals surface area contributed by atoms with Crippen LogP contribution in [0.5, 0.6) is 0 Å². The Balaban J connectivity index is 3.37. The second-order valence-corrected chi connectivity index (χ2v) is 4.22. The molecular weight excluding hydrogens is 260 g/mol. The Labute approximate surface area is 109 Å². The lowest BCUT2D eigenvalue weighted by atomic mass is 9.96. The van der Waals surface area contributed by atoms with E-state index in [2.05, 4.69) is 35.6 Å². The van der Waals surface area contributed by atoms with Crippen molar-refractivity contribution in [3.8, 4) is 0 Å². The van der Waals surface area contributed by atoms with E-state index in [1.54, 1.807) is 12.1 Å². The molecule has 0 fully saturated rings. The number of carboxylic acids is 1. The van der Waals surface area contributed by atoms with Crippen LogP contribution in [0.4, 0.5) is 0 Å². The van der Waals surface area contributed by atoms with Crippen LogP contribution in [0.15, 0.2) is 23.2 Å². The minimum Gasteiger partial charge on any atom is -0.479 e. The van der Waals surface area contributed by atoms with Gasteiger partial charge in [0.2, 0.25) is 5.91 Å². The molecule has 0 aliphatic heterocycles. The maximum absolute atomic E-state index is 11.4. The Kier molecular flexibility index (Phi) is 4.41. The van der Waals surface area contributed by atoms with Crippen molar-refractivity contribution >= 4 is 37.1 Å². The number of nitrogens with one attached hydrogen (secondary N) is 1. The highest BCUT2D eigenvalue weighted by Gasteiger charge is 2.42. The number of carboxylic acid groups (broad SMARTS) is 1. The van der Waals surface area contributed by atoms with E-state index in [0.717, 1.165) is 0 Å². The zero-order valence-corrected chi connectivity index (χ0v) is 10.8. The molecule has 1 amide bonds. The molecule has 1 atom stereocenters. The Morgan fingerprint density at radius 1 is 1.59 bits per heavy atom. The fourth-order valence-corrected chi connectivity index (χ4v) is 2.12. The van der Waals surface area contributed by atoms with Crippen LogP contribution in [0.3, 0.4) is 0 Å². The third kappa shape index (κ3) is 2.73. The highest BCUT2D eigenvalue weighted by Crippen LogP contribution is 2.26. The van der Waals surface area contributed by atoms with Crippen molar-refractivity contribution in [2.75, 3.05) is 5.75 Å². The number of nitrogens with zero attached hydrogens (tertiary/aromatic N) is 1. The molecule has 0 saturated heterocycles. The standard InChI is InChI=1S/C10H12N2O3S2/c1-6(13)12-10(5-16,9(14)15)8-7(17)3-2-4-11-8/h2-4,16-17H,5H2,1H3,(H,12,13)(H,14,15). The van der Waals surface area contributed by atoms with Crippen molar-refractivity contribution in [1.29, 1.82) is 0 Å². The van der Waals surface area contributed by atoms with Crippen LogP contribution < -0.4 is 5.32 Å². The molecule has 1 rings (SSSR count). The third-order valence-corrected chi connectivity index (χ3v) is 3.02. The number of rotatable bonds is 4. The van der Waals surface area contributed by atoms with Crippen molar-refractivity contribution in [1.82, 2.24) is 10.3 Å². The molecule has 1 unspecified atom stereocenters. The molecule has 92 valence electrons. The van der Waals surface area contributed by atoms with Crippen LogP contribution in [-0.4, -0.2) is 27.7 Å². The molecule has 5 nitrogen and oxygen atoms in total. The highest BCUT2D eigenvalue weighted by molar-refractivity contribution is 7.80. The molecule has 0 aromatic carbocycles. The average molecular weight is 272 g/mol. The number of pyridine rings is 1. The molecule has 7 heteroatoms. The summed E-state index contributed by atoms with van der Waals surface area (Å²) in [7, 11) is 0. The van der Waals surface area contributed by atoms with E-state index in [4.69, 9.17) is 0 Å². The summed E-state index contributed by atoms with van der Waals surface area (Å²) in [5.41, 5.74) is -1.49. The van der Waals surface area contributed by atoms with Crippen LogP contribution in [0, 0.1) is 0 Å². The summed E-state index contributed by atoms with van der Waals surface area (Å²) >= 11 is 8.16. The van der Waals surface area contributed by atoms with E-state index in [0.29, 0.717) is 4.90 Å². The number of hydrogen-bond donors (Lipinski definition) is 4. The van der Waals surface area contributed by atoms with Gasteiger partial charge in [0.25, 0.3) is 0 Å². The summed E-state index contributed by atoms with van der Waals surface area (Å²) in [4.78, 5) is 26.9. The number of carbonyl (C=O) groups is 2. The molecule has 2 N–H and O–H groups in total. The van der Waals surface area contributed by atoms with Crippen molar-refractivity contribution in [3.05, 3.63) is 24.0 Å². The molecule has 0 spiro atoms. The van der Waals surface area contributed by atoms with E-state index < -0.39 is 17.4 Å². The van der Waals surface area contributed by atoms with E-state index in [1.807, 2.05) is 0 Å². The number of amides is 1. The first-order valence-corrected chi connectivity index (χ1v) is 5.79. The van der Waals surface area contributed by atoms with E-state index in [1.165, 1.54) is 13.1 Å². The minimum absolute atomic E-state index is 0.119. The van der Waals surface area contributed by atoms with Gasteiger partial charge in [-0.15, -0.1) is 12.6 Å². The predicted molar refractivity (Wildman–Crippen MR) is 68.5 cm³/mol. The van der Waals surface area contributed by atoms with Crippen LogP contribution in [-0.2, 0) is 15.1 Å². The lowest BCUT2D eigenvalue weighted by Gasteiger charge is -2.28. The first-order valence-electron chi connectivity index (χ1n) is 4.71. The highest BCUT2D eigenvalue weighted by atomic mass is 32.1. The number of aromatic nitrogens is 1. The molecule has 1 aromatic rings. The maximum atomic E-state index is 11.4. The second kappa shape index (κ2) is 5.42. The Morgan fingerprint density at radius 3 is 2.65 bits per heavy atom. The normalized spacial score (nSPS) is 13.8. The molecule has 0 aliphatic carbocycles. The maximum Gasteiger partial charge on any atom is 0.336 e. The van der Waals surface area contributed by atoms with Crippen molar-refractivity contribution in [2.24, 2.45) is 0 Å². The molecule has 0 radical (unpaired) electrons. The summed E-state index contributed by atoms with van der Waals surface area (Å²) in [5.74, 6) is -1.82. The largest absolute Gasteiger partial charge is 0.479 e. The van der Waals surface area contributed by atoms with Crippen LogP contribution in [0.2, 0.25) is 0 Å². The number of thiol groups is 2. The van der Waals surface area contributed by atoms with Crippen LogP contribution in [0.1, 0.15) is 12.6 Å². The van der Waals surface area contributed by atoms with Gasteiger partial charge in [0.15, 0.2) is 5.54 Å². The van der Waals surface area contributed by atoms with Gasteiger partial charge >= 0.3 is 5.97 Å². The third-order valence-electron chi connectivity index (χ3n) is 2.18. The second-order valence-electron chi connectivity index (χ2n) is 3.42. The van der Waals surface area contributed by atoms with Crippen molar-refractivity contribution in [2.45, 2.75) is 17.4 Å². The first kappa shape index (κ1) is 13.9. The van der Waals surface area contributed by atoms with Crippen molar-refractivity contribution < 1.29 is 14.7 Å². The summed E-state index contributed by atoms with van der Waals surface area (Å²) in [6.07, 6.45) is 1.44. The van der Waals surface area contributed by atoms with Gasteiger partial charge in [0.05, 0.1) is 5.69 Å². The Morgan fingerprint density at radius 2 is 2.24 bits per heavy atom. The number of hydrogen-bond acceptors (Lipinski definition) is 5. The molecule has 1 heterocycles. The van der Waals surface area contributed by atoms with E-state index in [-0.39, 0.29) is 11.4 Å². The smallest absolute Gasteiger partial charge is 0.336 e. The fraction of sp³-hybridized carbons (Fsp3) is 0.300.